The second-order valence-corrected chi connectivity index (χ2v) is 10.1. The lowest BCUT2D eigenvalue weighted by Crippen LogP contribution is -2.44. The van der Waals surface area contributed by atoms with Crippen molar-refractivity contribution in [1.82, 2.24) is 0 Å². The van der Waals surface area contributed by atoms with E-state index in [4.69, 9.17) is 14.4 Å². The largest absolute Gasteiger partial charge is 0.461 e. The van der Waals surface area contributed by atoms with Gasteiger partial charge in [-0.15, -0.1) is 40.5 Å². The van der Waals surface area contributed by atoms with Crippen molar-refractivity contribution in [2.75, 3.05) is 0 Å². The van der Waals surface area contributed by atoms with Crippen LogP contribution >= 0.6 is 0 Å². The van der Waals surface area contributed by atoms with Crippen molar-refractivity contribution in [3.8, 4) is 0 Å². The molecule has 234 valence electrons. The summed E-state index contributed by atoms with van der Waals surface area (Å²) >= 11 is 0. The summed E-state index contributed by atoms with van der Waals surface area (Å²) in [5.74, 6) is -3.38. The van der Waals surface area contributed by atoms with Gasteiger partial charge in [0.2, 0.25) is 0 Å². The van der Waals surface area contributed by atoms with E-state index in [1.165, 1.54) is 0 Å². The van der Waals surface area contributed by atoms with E-state index in [0.29, 0.717) is 12.0 Å². The van der Waals surface area contributed by atoms with Crippen LogP contribution in [0.15, 0.2) is 23.8 Å². The second kappa shape index (κ2) is 15.4. The minimum atomic E-state index is -1.66. The van der Waals surface area contributed by atoms with Crippen molar-refractivity contribution in [1.29, 1.82) is 0 Å². The van der Waals surface area contributed by atoms with Crippen LogP contribution in [-0.2, 0) is 33.7 Å². The van der Waals surface area contributed by atoms with Crippen molar-refractivity contribution >= 4 is 11.9 Å². The zero-order valence-electron chi connectivity index (χ0n) is 23.0. The maximum atomic E-state index is 12.7. The van der Waals surface area contributed by atoms with Gasteiger partial charge in [0.05, 0.1) is 12.3 Å². The summed E-state index contributed by atoms with van der Waals surface area (Å²) in [7, 11) is 0. The Balaban J connectivity index is 2.30. The predicted octanol–water partition coefficient (Wildman–Crippen LogP) is 2.74. The zero-order chi connectivity index (χ0) is 31.6. The molecule has 42 heavy (non-hydrogen) atoms. The van der Waals surface area contributed by atoms with Crippen molar-refractivity contribution in [3.63, 3.8) is 0 Å². The Kier molecular flexibility index (Phi) is 12.4. The first-order valence-electron chi connectivity index (χ1n) is 13.1. The van der Waals surface area contributed by atoms with Crippen molar-refractivity contribution in [3.05, 3.63) is 64.3 Å². The molecule has 0 bridgehead atoms. The molecule has 0 aromatic heterocycles. The van der Waals surface area contributed by atoms with Crippen molar-refractivity contribution in [2.45, 2.75) is 83.7 Å². The van der Waals surface area contributed by atoms with Gasteiger partial charge >= 0.3 is 17.0 Å². The smallest absolute Gasteiger partial charge is 0.308 e. The van der Waals surface area contributed by atoms with Gasteiger partial charge in [-0.25, -0.2) is 4.84 Å². The highest BCUT2D eigenvalue weighted by atomic mass is 17.0. The van der Waals surface area contributed by atoms with Crippen LogP contribution in [-0.4, -0.2) is 56.7 Å². The number of carbonyl (C=O) groups excluding carboxylic acids is 2. The van der Waals surface area contributed by atoms with E-state index >= 15 is 0 Å². The molecular formula is C23H32N4O15. The Morgan fingerprint density at radius 3 is 2.21 bits per heavy atom. The molecule has 0 amide bonds. The fraction of sp³-hybridized carbons (Fsp3) is 0.739. The van der Waals surface area contributed by atoms with Gasteiger partial charge in [-0.3, -0.25) is 9.59 Å². The van der Waals surface area contributed by atoms with Gasteiger partial charge in [-0.1, -0.05) is 39.0 Å². The van der Waals surface area contributed by atoms with Gasteiger partial charge in [-0.05, 0) is 36.7 Å². The van der Waals surface area contributed by atoms with Crippen LogP contribution in [0.3, 0.4) is 0 Å². The molecule has 0 saturated carbocycles. The molecule has 19 heteroatoms. The van der Waals surface area contributed by atoms with Gasteiger partial charge in [0.15, 0.2) is 0 Å². The highest BCUT2D eigenvalue weighted by Crippen LogP contribution is 2.44. The van der Waals surface area contributed by atoms with Crippen LogP contribution in [0, 0.1) is 64.1 Å². The first kappa shape index (κ1) is 33.6. The highest BCUT2D eigenvalue weighted by molar-refractivity contribution is 5.72. The first-order valence-corrected chi connectivity index (χ1v) is 13.1. The third-order valence-corrected chi connectivity index (χ3v) is 7.25. The molecule has 0 aromatic rings. The van der Waals surface area contributed by atoms with Crippen molar-refractivity contribution in [2.24, 2.45) is 23.7 Å². The number of esters is 1. The molecule has 2 aliphatic rings. The van der Waals surface area contributed by atoms with Crippen LogP contribution in [0.5, 0.6) is 0 Å². The van der Waals surface area contributed by atoms with Gasteiger partial charge in [0.1, 0.15) is 24.4 Å². The summed E-state index contributed by atoms with van der Waals surface area (Å²) in [4.78, 5) is 85.6. The number of rotatable bonds is 17. The minimum Gasteiger partial charge on any atom is -0.461 e. The third kappa shape index (κ3) is 10.4. The highest BCUT2D eigenvalue weighted by Gasteiger charge is 2.43. The maximum absolute atomic E-state index is 12.7. The number of ether oxygens (including phenoxy) is 1. The third-order valence-electron chi connectivity index (χ3n) is 7.25. The SMILES string of the molecule is CCC(C)C(=O)O[C@H]1C[C@H](O[N+](=O)[O-])C=C2C=C[C@H](C)[C@H](CCC(CC(CC(=O)O[N+](=O)[O-])O[N+](=O)[O-])O[N+](=O)[O-])[C@H]21. The predicted molar refractivity (Wildman–Crippen MR) is 134 cm³/mol. The van der Waals surface area contributed by atoms with Gasteiger partial charge < -0.3 is 19.2 Å². The summed E-state index contributed by atoms with van der Waals surface area (Å²) in [5, 5.41) is 38.8. The Morgan fingerprint density at radius 1 is 1.00 bits per heavy atom. The molecule has 3 unspecified atom stereocenters. The molecule has 2 rings (SSSR count). The molecule has 0 aliphatic heterocycles. The van der Waals surface area contributed by atoms with Gasteiger partial charge in [0, 0.05) is 18.8 Å². The molecular weight excluding hydrogens is 572 g/mol. The van der Waals surface area contributed by atoms with E-state index in [9.17, 15) is 50.0 Å². The second-order valence-electron chi connectivity index (χ2n) is 10.1. The summed E-state index contributed by atoms with van der Waals surface area (Å²) in [6, 6.07) is 0. The number of fused-ring (bicyclic) bond motifs is 1. The normalized spacial score (nSPS) is 24.9. The number of nitrogens with zero attached hydrogens (tertiary/aromatic N) is 4. The molecule has 0 spiro atoms. The molecule has 0 heterocycles. The topological polar surface area (TPSA) is 253 Å². The monoisotopic (exact) mass is 604 g/mol. The number of allylic oxidation sites excluding steroid dienone is 2. The zero-order valence-corrected chi connectivity index (χ0v) is 23.0. The molecule has 2 aliphatic carbocycles. The van der Waals surface area contributed by atoms with Gasteiger partial charge in [-0.2, -0.15) is 0 Å². The molecule has 0 N–H and O–H groups in total. The molecule has 0 aromatic carbocycles. The lowest BCUT2D eigenvalue weighted by molar-refractivity contribution is -0.779. The Hall–Kier alpha value is -4.58. The molecule has 0 fully saturated rings. The van der Waals surface area contributed by atoms with E-state index in [0.717, 1.165) is 0 Å². The average Bonchev–Trinajstić information content (AvgIpc) is 2.85. The standard InChI is InChI=1S/C23H32N4O15/c1-4-13(2)23(29)38-20-11-17(40-25(32)33)9-15-6-5-14(3)19(22(15)20)8-7-16(39-24(30)31)10-18(41-26(34)35)12-21(28)42-27(36)37/h5-6,9,13-14,16-20,22H,4,7-8,10-12H2,1-3H3/t13?,14-,16?,17+,18?,19-,20-,22-/m0/s1. The van der Waals surface area contributed by atoms with Crippen molar-refractivity contribution < 1.29 is 54.0 Å². The number of hydrogen-bond donors (Lipinski definition) is 0. The lowest BCUT2D eigenvalue weighted by Gasteiger charge is -2.43. The quantitative estimate of drug-likeness (QED) is 0.131. The first-order chi connectivity index (χ1) is 19.7. The Bertz CT molecular complexity index is 1100. The summed E-state index contributed by atoms with van der Waals surface area (Å²) in [6.07, 6.45) is -0.610. The number of carbonyl (C=O) groups is 2. The molecule has 19 nitrogen and oxygen atoms in total. The van der Waals surface area contributed by atoms with Crippen LogP contribution < -0.4 is 0 Å². The van der Waals surface area contributed by atoms with E-state index in [2.05, 4.69) is 9.68 Å². The fourth-order valence-electron chi connectivity index (χ4n) is 5.18. The number of hydrogen-bond acceptors (Lipinski definition) is 15. The molecule has 8 atom stereocenters. The lowest BCUT2D eigenvalue weighted by atomic mass is 9.66. The summed E-state index contributed by atoms with van der Waals surface area (Å²) < 4.78 is 5.80. The van der Waals surface area contributed by atoms with E-state index < -0.39 is 81.4 Å². The van der Waals surface area contributed by atoms with Crippen LogP contribution in [0.2, 0.25) is 0 Å². The molecule has 0 radical (unpaired) electrons. The van der Waals surface area contributed by atoms with Crippen LogP contribution in [0.25, 0.3) is 0 Å². The summed E-state index contributed by atoms with van der Waals surface area (Å²) in [5.41, 5.74) is 0.613. The minimum absolute atomic E-state index is 0.0134. The van der Waals surface area contributed by atoms with E-state index in [1.54, 1.807) is 26.0 Å². The Morgan fingerprint density at radius 2 is 1.64 bits per heavy atom. The Labute approximate surface area is 238 Å². The maximum Gasteiger partial charge on any atom is 0.308 e. The molecule has 0 saturated heterocycles. The van der Waals surface area contributed by atoms with Crippen LogP contribution in [0.4, 0.5) is 0 Å². The van der Waals surface area contributed by atoms with Crippen LogP contribution in [0.1, 0.15) is 59.3 Å². The van der Waals surface area contributed by atoms with E-state index in [-0.39, 0.29) is 31.1 Å². The van der Waals surface area contributed by atoms with E-state index in [1.807, 2.05) is 13.0 Å². The summed E-state index contributed by atoms with van der Waals surface area (Å²) in [6.45, 7) is 5.34. The fourth-order valence-corrected chi connectivity index (χ4v) is 5.18. The van der Waals surface area contributed by atoms with Gasteiger partial charge in [0.25, 0.3) is 15.3 Å². The average molecular weight is 605 g/mol.